The minimum absolute atomic E-state index is 0.108. The van der Waals surface area contributed by atoms with Gasteiger partial charge in [0, 0.05) is 37.8 Å². The summed E-state index contributed by atoms with van der Waals surface area (Å²) in [6.45, 7) is 3.23. The highest BCUT2D eigenvalue weighted by Crippen LogP contribution is 2.25. The quantitative estimate of drug-likeness (QED) is 0.908. The molecule has 0 saturated carbocycles. The van der Waals surface area contributed by atoms with Crippen molar-refractivity contribution < 1.29 is 9.18 Å². The number of primary amides is 1. The number of amides is 1. The van der Waals surface area contributed by atoms with E-state index in [4.69, 9.17) is 5.73 Å². The third kappa shape index (κ3) is 3.75. The second-order valence-corrected chi connectivity index (χ2v) is 5.81. The van der Waals surface area contributed by atoms with Crippen molar-refractivity contribution >= 4 is 5.91 Å². The van der Waals surface area contributed by atoms with Gasteiger partial charge in [0.25, 0.3) is 0 Å². The highest BCUT2D eigenvalue weighted by Gasteiger charge is 2.24. The van der Waals surface area contributed by atoms with Crippen LogP contribution in [0.1, 0.15) is 27.5 Å². The van der Waals surface area contributed by atoms with Crippen LogP contribution in [0.2, 0.25) is 0 Å². The molecule has 1 unspecified atom stereocenters. The smallest absolute Gasteiger partial charge is 0.248 e. The first-order valence-electron chi connectivity index (χ1n) is 7.72. The number of nitrogens with two attached hydrogens (primary N) is 1. The van der Waals surface area contributed by atoms with E-state index in [-0.39, 0.29) is 11.9 Å². The summed E-state index contributed by atoms with van der Waals surface area (Å²) in [7, 11) is 0. The van der Waals surface area contributed by atoms with Crippen LogP contribution in [0.15, 0.2) is 48.5 Å². The maximum Gasteiger partial charge on any atom is 0.248 e. The molecule has 2 aromatic carbocycles. The van der Waals surface area contributed by atoms with E-state index in [0.717, 1.165) is 30.8 Å². The number of nitrogens with one attached hydrogen (secondary N) is 1. The Morgan fingerprint density at radius 1 is 1.26 bits per heavy atom. The van der Waals surface area contributed by atoms with Crippen LogP contribution in [0, 0.1) is 5.82 Å². The standard InChI is InChI=1S/C18H20FN3O/c19-16-6-2-4-14(10-16)17-11-21-7-8-22(17)12-13-3-1-5-15(9-13)18(20)23/h1-6,9-10,17,21H,7-8,11-12H2,(H2,20,23). The van der Waals surface area contributed by atoms with Crippen molar-refractivity contribution in [2.75, 3.05) is 19.6 Å². The molecule has 120 valence electrons. The number of benzene rings is 2. The van der Waals surface area contributed by atoms with Crippen LogP contribution < -0.4 is 11.1 Å². The molecule has 0 spiro atoms. The summed E-state index contributed by atoms with van der Waals surface area (Å²) < 4.78 is 13.5. The Labute approximate surface area is 135 Å². The summed E-state index contributed by atoms with van der Waals surface area (Å²) >= 11 is 0. The minimum atomic E-state index is -0.422. The summed E-state index contributed by atoms with van der Waals surface area (Å²) in [4.78, 5) is 13.6. The van der Waals surface area contributed by atoms with Gasteiger partial charge >= 0.3 is 0 Å². The summed E-state index contributed by atoms with van der Waals surface area (Å²) in [5, 5.41) is 3.36. The van der Waals surface area contributed by atoms with E-state index in [1.807, 2.05) is 24.3 Å². The Kier molecular flexibility index (Phi) is 4.69. The third-order valence-corrected chi connectivity index (χ3v) is 4.18. The number of piperazine rings is 1. The van der Waals surface area contributed by atoms with Gasteiger partial charge < -0.3 is 11.1 Å². The lowest BCUT2D eigenvalue weighted by molar-refractivity contribution is 0.1000. The van der Waals surface area contributed by atoms with Crippen molar-refractivity contribution in [1.29, 1.82) is 0 Å². The fourth-order valence-electron chi connectivity index (χ4n) is 3.04. The second-order valence-electron chi connectivity index (χ2n) is 5.81. The van der Waals surface area contributed by atoms with Crippen molar-refractivity contribution in [3.63, 3.8) is 0 Å². The molecule has 0 aromatic heterocycles. The number of rotatable bonds is 4. The van der Waals surface area contributed by atoms with Gasteiger partial charge in [-0.3, -0.25) is 9.69 Å². The lowest BCUT2D eigenvalue weighted by Crippen LogP contribution is -2.45. The van der Waals surface area contributed by atoms with Gasteiger partial charge in [0.2, 0.25) is 5.91 Å². The second kappa shape index (κ2) is 6.89. The molecule has 0 radical (unpaired) electrons. The maximum atomic E-state index is 13.5. The molecule has 4 nitrogen and oxygen atoms in total. The van der Waals surface area contributed by atoms with Crippen LogP contribution in [-0.4, -0.2) is 30.4 Å². The highest BCUT2D eigenvalue weighted by molar-refractivity contribution is 5.92. The molecule has 23 heavy (non-hydrogen) atoms. The molecular weight excluding hydrogens is 293 g/mol. The minimum Gasteiger partial charge on any atom is -0.366 e. The molecule has 1 atom stereocenters. The molecule has 2 aromatic rings. The number of halogens is 1. The zero-order chi connectivity index (χ0) is 16.2. The number of hydrogen-bond acceptors (Lipinski definition) is 3. The van der Waals surface area contributed by atoms with Gasteiger partial charge in [-0.15, -0.1) is 0 Å². The molecule has 3 N–H and O–H groups in total. The molecule has 1 saturated heterocycles. The molecule has 5 heteroatoms. The van der Waals surface area contributed by atoms with E-state index in [0.29, 0.717) is 12.1 Å². The molecule has 3 rings (SSSR count). The van der Waals surface area contributed by atoms with Crippen molar-refractivity contribution in [2.45, 2.75) is 12.6 Å². The highest BCUT2D eigenvalue weighted by atomic mass is 19.1. The molecule has 1 heterocycles. The molecular formula is C18H20FN3O. The fourth-order valence-corrected chi connectivity index (χ4v) is 3.04. The lowest BCUT2D eigenvalue weighted by atomic mass is 10.0. The van der Waals surface area contributed by atoms with Crippen molar-refractivity contribution in [1.82, 2.24) is 10.2 Å². The summed E-state index contributed by atoms with van der Waals surface area (Å²) in [6.07, 6.45) is 0. The summed E-state index contributed by atoms with van der Waals surface area (Å²) in [5.74, 6) is -0.641. The average Bonchev–Trinajstić information content (AvgIpc) is 2.55. The Morgan fingerprint density at radius 2 is 2.09 bits per heavy atom. The Balaban J connectivity index is 1.82. The van der Waals surface area contributed by atoms with Gasteiger partial charge in [-0.2, -0.15) is 0 Å². The Morgan fingerprint density at radius 3 is 2.87 bits per heavy atom. The zero-order valence-electron chi connectivity index (χ0n) is 12.8. The van der Waals surface area contributed by atoms with E-state index in [9.17, 15) is 9.18 Å². The number of carbonyl (C=O) groups excluding carboxylic acids is 1. The first-order valence-corrected chi connectivity index (χ1v) is 7.72. The molecule has 0 bridgehead atoms. The summed E-state index contributed by atoms with van der Waals surface area (Å²) in [6, 6.07) is 14.2. The van der Waals surface area contributed by atoms with E-state index in [1.165, 1.54) is 6.07 Å². The van der Waals surface area contributed by atoms with E-state index < -0.39 is 5.91 Å². The molecule has 1 aliphatic rings. The van der Waals surface area contributed by atoms with Gasteiger partial charge in [0.15, 0.2) is 0 Å². The largest absolute Gasteiger partial charge is 0.366 e. The van der Waals surface area contributed by atoms with Gasteiger partial charge in [-0.1, -0.05) is 24.3 Å². The molecule has 1 aliphatic heterocycles. The topological polar surface area (TPSA) is 58.4 Å². The molecule has 0 aliphatic carbocycles. The predicted octanol–water partition coefficient (Wildman–Crippen LogP) is 2.07. The van der Waals surface area contributed by atoms with Crippen LogP contribution >= 0.6 is 0 Å². The van der Waals surface area contributed by atoms with Gasteiger partial charge in [0.05, 0.1) is 0 Å². The SMILES string of the molecule is NC(=O)c1cccc(CN2CCNCC2c2cccc(F)c2)c1. The van der Waals surface area contributed by atoms with E-state index in [1.54, 1.807) is 18.2 Å². The number of hydrogen-bond donors (Lipinski definition) is 2. The van der Waals surface area contributed by atoms with E-state index >= 15 is 0 Å². The third-order valence-electron chi connectivity index (χ3n) is 4.18. The lowest BCUT2D eigenvalue weighted by Gasteiger charge is -2.36. The monoisotopic (exact) mass is 313 g/mol. The zero-order valence-corrected chi connectivity index (χ0v) is 12.8. The summed E-state index contributed by atoms with van der Waals surface area (Å²) in [5.41, 5.74) is 7.85. The average molecular weight is 313 g/mol. The predicted molar refractivity (Wildman–Crippen MR) is 87.4 cm³/mol. The van der Waals surface area contributed by atoms with Gasteiger partial charge in [0.1, 0.15) is 5.82 Å². The first kappa shape index (κ1) is 15.6. The van der Waals surface area contributed by atoms with Crippen molar-refractivity contribution in [3.8, 4) is 0 Å². The van der Waals surface area contributed by atoms with Gasteiger partial charge in [-0.05, 0) is 35.4 Å². The van der Waals surface area contributed by atoms with Crippen molar-refractivity contribution in [3.05, 3.63) is 71.0 Å². The van der Waals surface area contributed by atoms with Crippen LogP contribution in [-0.2, 0) is 6.54 Å². The molecule has 1 amide bonds. The normalized spacial score (nSPS) is 18.7. The number of carbonyl (C=O) groups is 1. The van der Waals surface area contributed by atoms with Crippen molar-refractivity contribution in [2.24, 2.45) is 5.73 Å². The number of nitrogens with zero attached hydrogens (tertiary/aromatic N) is 1. The van der Waals surface area contributed by atoms with E-state index in [2.05, 4.69) is 10.2 Å². The Hall–Kier alpha value is -2.24. The van der Waals surface area contributed by atoms with Crippen LogP contribution in [0.4, 0.5) is 4.39 Å². The van der Waals surface area contributed by atoms with Crippen LogP contribution in [0.3, 0.4) is 0 Å². The Bertz CT molecular complexity index is 704. The van der Waals surface area contributed by atoms with Gasteiger partial charge in [-0.25, -0.2) is 4.39 Å². The van der Waals surface area contributed by atoms with Crippen LogP contribution in [0.5, 0.6) is 0 Å². The first-order chi connectivity index (χ1) is 11.1. The fraction of sp³-hybridized carbons (Fsp3) is 0.278. The maximum absolute atomic E-state index is 13.5. The molecule has 1 fully saturated rings. The van der Waals surface area contributed by atoms with Crippen LogP contribution in [0.25, 0.3) is 0 Å².